The summed E-state index contributed by atoms with van der Waals surface area (Å²) in [7, 11) is 1.32. The molecule has 1 N–H and O–H groups in total. The van der Waals surface area contributed by atoms with Gasteiger partial charge >= 0.3 is 12.2 Å². The van der Waals surface area contributed by atoms with E-state index in [2.05, 4.69) is 5.32 Å². The zero-order chi connectivity index (χ0) is 18.0. The van der Waals surface area contributed by atoms with E-state index in [4.69, 9.17) is 14.2 Å². The van der Waals surface area contributed by atoms with Crippen molar-refractivity contribution in [1.29, 1.82) is 0 Å². The fraction of sp³-hybridized carbons (Fsp3) is 0.438. The van der Waals surface area contributed by atoms with Crippen molar-refractivity contribution in [2.75, 3.05) is 43.2 Å². The normalized spacial score (nSPS) is 19.0. The Bertz CT molecular complexity index is 707. The summed E-state index contributed by atoms with van der Waals surface area (Å²) in [4.78, 5) is 37.8. The Labute approximate surface area is 144 Å². The number of benzene rings is 1. The van der Waals surface area contributed by atoms with Crippen molar-refractivity contribution in [3.05, 3.63) is 18.2 Å². The first-order chi connectivity index (χ1) is 12.0. The van der Waals surface area contributed by atoms with Gasteiger partial charge in [-0.05, 0) is 12.1 Å². The van der Waals surface area contributed by atoms with Gasteiger partial charge in [0, 0.05) is 13.0 Å². The quantitative estimate of drug-likeness (QED) is 0.878. The summed E-state index contributed by atoms with van der Waals surface area (Å²) in [5, 5.41) is 2.63. The van der Waals surface area contributed by atoms with Crippen LogP contribution in [0.4, 0.5) is 21.0 Å². The van der Waals surface area contributed by atoms with Gasteiger partial charge in [-0.25, -0.2) is 9.59 Å². The third kappa shape index (κ3) is 3.44. The van der Waals surface area contributed by atoms with Crippen LogP contribution in [0.25, 0.3) is 0 Å². The first-order valence-corrected chi connectivity index (χ1v) is 7.84. The van der Waals surface area contributed by atoms with Crippen molar-refractivity contribution in [2.45, 2.75) is 13.0 Å². The fourth-order valence-electron chi connectivity index (χ4n) is 2.77. The molecule has 25 heavy (non-hydrogen) atoms. The summed E-state index contributed by atoms with van der Waals surface area (Å²) in [6.07, 6.45) is -1.37. The Morgan fingerprint density at radius 3 is 2.92 bits per heavy atom. The van der Waals surface area contributed by atoms with Gasteiger partial charge in [-0.1, -0.05) is 0 Å². The molecule has 1 fully saturated rings. The van der Waals surface area contributed by atoms with Gasteiger partial charge in [-0.2, -0.15) is 0 Å². The first kappa shape index (κ1) is 16.9. The summed E-state index contributed by atoms with van der Waals surface area (Å²) >= 11 is 0. The molecule has 2 aliphatic heterocycles. The van der Waals surface area contributed by atoms with Crippen LogP contribution in [0.15, 0.2) is 18.2 Å². The predicted molar refractivity (Wildman–Crippen MR) is 88.0 cm³/mol. The second kappa shape index (κ2) is 6.88. The molecule has 0 radical (unpaired) electrons. The lowest BCUT2D eigenvalue weighted by Gasteiger charge is -2.29. The van der Waals surface area contributed by atoms with E-state index in [-0.39, 0.29) is 12.5 Å². The van der Waals surface area contributed by atoms with Crippen LogP contribution in [0, 0.1) is 0 Å². The summed E-state index contributed by atoms with van der Waals surface area (Å²) in [6.45, 7) is 2.71. The molecule has 134 valence electrons. The Morgan fingerprint density at radius 2 is 2.20 bits per heavy atom. The number of anilines is 2. The van der Waals surface area contributed by atoms with E-state index >= 15 is 0 Å². The van der Waals surface area contributed by atoms with Crippen LogP contribution in [0.5, 0.6) is 5.75 Å². The Balaban J connectivity index is 1.77. The third-order valence-electron chi connectivity index (χ3n) is 3.97. The highest BCUT2D eigenvalue weighted by Gasteiger charge is 2.33. The Morgan fingerprint density at radius 1 is 1.40 bits per heavy atom. The first-order valence-electron chi connectivity index (χ1n) is 7.84. The molecule has 1 atom stereocenters. The van der Waals surface area contributed by atoms with Crippen molar-refractivity contribution >= 4 is 29.5 Å². The van der Waals surface area contributed by atoms with Crippen molar-refractivity contribution in [3.63, 3.8) is 0 Å². The van der Waals surface area contributed by atoms with E-state index in [0.29, 0.717) is 36.8 Å². The molecular weight excluding hydrogens is 330 g/mol. The molecule has 9 heteroatoms. The molecule has 2 aliphatic rings. The second-order valence-electron chi connectivity index (χ2n) is 5.68. The molecule has 1 aromatic carbocycles. The molecule has 9 nitrogen and oxygen atoms in total. The smallest absolute Gasteiger partial charge is 0.414 e. The van der Waals surface area contributed by atoms with Gasteiger partial charge in [0.1, 0.15) is 18.5 Å². The highest BCUT2D eigenvalue weighted by molar-refractivity contribution is 5.93. The van der Waals surface area contributed by atoms with Gasteiger partial charge in [-0.3, -0.25) is 14.6 Å². The van der Waals surface area contributed by atoms with Crippen LogP contribution >= 0.6 is 0 Å². The minimum Gasteiger partial charge on any atom is -0.489 e. The second-order valence-corrected chi connectivity index (χ2v) is 5.68. The Hall–Kier alpha value is -2.97. The molecule has 2 heterocycles. The average Bonchev–Trinajstić information content (AvgIpc) is 2.99. The largest absolute Gasteiger partial charge is 0.489 e. The summed E-state index contributed by atoms with van der Waals surface area (Å²) < 4.78 is 15.6. The van der Waals surface area contributed by atoms with Gasteiger partial charge in [0.05, 0.1) is 38.1 Å². The number of fused-ring (bicyclic) bond motifs is 1. The van der Waals surface area contributed by atoms with Crippen LogP contribution in [-0.4, -0.2) is 57.5 Å². The summed E-state index contributed by atoms with van der Waals surface area (Å²) in [6, 6.07) is 5.10. The number of hydrogen-bond donors (Lipinski definition) is 1. The number of nitrogens with zero attached hydrogens (tertiary/aromatic N) is 2. The molecule has 0 saturated carbocycles. The average molecular weight is 349 g/mol. The number of carbonyl (C=O) groups excluding carboxylic acids is 3. The number of cyclic esters (lactones) is 1. The van der Waals surface area contributed by atoms with Crippen molar-refractivity contribution in [2.24, 2.45) is 0 Å². The number of ether oxygens (including phenoxy) is 3. The highest BCUT2D eigenvalue weighted by Crippen LogP contribution is 2.36. The van der Waals surface area contributed by atoms with E-state index in [1.165, 1.54) is 23.8 Å². The van der Waals surface area contributed by atoms with Gasteiger partial charge in [0.2, 0.25) is 5.91 Å². The number of rotatable bonds is 3. The van der Waals surface area contributed by atoms with Crippen molar-refractivity contribution < 1.29 is 28.6 Å². The van der Waals surface area contributed by atoms with E-state index in [0.717, 1.165) is 0 Å². The maximum atomic E-state index is 12.1. The van der Waals surface area contributed by atoms with Crippen molar-refractivity contribution in [3.8, 4) is 5.75 Å². The maximum Gasteiger partial charge on any atom is 0.414 e. The third-order valence-corrected chi connectivity index (χ3v) is 3.97. The summed E-state index contributed by atoms with van der Waals surface area (Å²) in [5.41, 5.74) is 1.19. The molecular formula is C16H19N3O6. The zero-order valence-corrected chi connectivity index (χ0v) is 14.0. The van der Waals surface area contributed by atoms with E-state index in [1.807, 2.05) is 0 Å². The van der Waals surface area contributed by atoms with Crippen molar-refractivity contribution in [1.82, 2.24) is 5.32 Å². The molecule has 1 aromatic rings. The molecule has 0 unspecified atom stereocenters. The van der Waals surface area contributed by atoms with Gasteiger partial charge in [-0.15, -0.1) is 0 Å². The monoisotopic (exact) mass is 349 g/mol. The summed E-state index contributed by atoms with van der Waals surface area (Å²) in [5.74, 6) is 0.312. The molecule has 0 aliphatic carbocycles. The molecule has 0 spiro atoms. The number of hydrogen-bond acceptors (Lipinski definition) is 6. The SMILES string of the molecule is COC(=O)N1CCOc2cc(N3C[C@@H](CNC(C)=O)OC3=O)ccc21. The van der Waals surface area contributed by atoms with Crippen LogP contribution < -0.4 is 19.9 Å². The maximum absolute atomic E-state index is 12.1. The number of methoxy groups -OCH3 is 1. The molecule has 0 bridgehead atoms. The van der Waals surface area contributed by atoms with Crippen LogP contribution in [-0.2, 0) is 14.3 Å². The predicted octanol–water partition coefficient (Wildman–Crippen LogP) is 1.11. The van der Waals surface area contributed by atoms with Crippen LogP contribution in [0.2, 0.25) is 0 Å². The standard InChI is InChI=1S/C16H19N3O6/c1-10(20)17-8-12-9-19(16(22)25-12)11-3-4-13-14(7-11)24-6-5-18(13)15(21)23-2/h3-4,7,12H,5-6,8-9H2,1-2H3,(H,17,20)/t12-/m1/s1. The highest BCUT2D eigenvalue weighted by atomic mass is 16.6. The number of carbonyl (C=O) groups is 3. The number of nitrogens with one attached hydrogen (secondary N) is 1. The van der Waals surface area contributed by atoms with E-state index in [9.17, 15) is 14.4 Å². The van der Waals surface area contributed by atoms with Crippen LogP contribution in [0.3, 0.4) is 0 Å². The lowest BCUT2D eigenvalue weighted by Crippen LogP contribution is -2.38. The van der Waals surface area contributed by atoms with Gasteiger partial charge < -0.3 is 19.5 Å². The molecule has 1 saturated heterocycles. The minimum absolute atomic E-state index is 0.181. The van der Waals surface area contributed by atoms with Crippen LogP contribution in [0.1, 0.15) is 6.92 Å². The van der Waals surface area contributed by atoms with Gasteiger partial charge in [0.25, 0.3) is 0 Å². The van der Waals surface area contributed by atoms with Gasteiger partial charge in [0.15, 0.2) is 0 Å². The molecule has 0 aromatic heterocycles. The fourth-order valence-corrected chi connectivity index (χ4v) is 2.77. The topological polar surface area (TPSA) is 97.4 Å². The van der Waals surface area contributed by atoms with E-state index in [1.54, 1.807) is 18.2 Å². The lowest BCUT2D eigenvalue weighted by atomic mass is 10.2. The lowest BCUT2D eigenvalue weighted by molar-refractivity contribution is -0.119. The zero-order valence-electron chi connectivity index (χ0n) is 14.0. The molecule has 3 rings (SSSR count). The Kier molecular flexibility index (Phi) is 4.64. The van der Waals surface area contributed by atoms with E-state index < -0.39 is 18.3 Å². The minimum atomic E-state index is -0.490. The molecule has 3 amide bonds. The number of amides is 3.